The summed E-state index contributed by atoms with van der Waals surface area (Å²) in [6.07, 6.45) is 1.76. The van der Waals surface area contributed by atoms with E-state index < -0.39 is 0 Å². The molecular weight excluding hydrogens is 416 g/mol. The van der Waals surface area contributed by atoms with Gasteiger partial charge in [0.15, 0.2) is 0 Å². The van der Waals surface area contributed by atoms with Crippen molar-refractivity contribution in [2.75, 3.05) is 0 Å². The van der Waals surface area contributed by atoms with Crippen LogP contribution in [0, 0.1) is 11.6 Å². The number of aliphatic imine (C=N–C) groups is 1. The predicted molar refractivity (Wildman–Crippen MR) is 108 cm³/mol. The molecule has 5 heteroatoms. The van der Waals surface area contributed by atoms with Crippen LogP contribution >= 0.6 is 27.7 Å². The maximum absolute atomic E-state index is 14.2. The predicted octanol–water partition coefficient (Wildman–Crippen LogP) is 7.15. The third kappa shape index (κ3) is 5.13. The summed E-state index contributed by atoms with van der Waals surface area (Å²) in [6, 6.07) is 20.2. The Morgan fingerprint density at radius 1 is 0.885 bits per heavy atom. The average Bonchev–Trinajstić information content (AvgIpc) is 2.65. The monoisotopic (exact) mass is 429 g/mol. The fourth-order valence-electron chi connectivity index (χ4n) is 2.20. The van der Waals surface area contributed by atoms with Gasteiger partial charge in [-0.2, -0.15) is 0 Å². The highest BCUT2D eigenvalue weighted by molar-refractivity contribution is 9.10. The average molecular weight is 430 g/mol. The van der Waals surface area contributed by atoms with Gasteiger partial charge in [-0.15, -0.1) is 0 Å². The minimum atomic E-state index is -0.334. The Kier molecular flexibility index (Phi) is 6.36. The molecular formula is C21H14BrF2NS. The van der Waals surface area contributed by atoms with E-state index in [1.165, 1.54) is 30.0 Å². The van der Waals surface area contributed by atoms with E-state index in [4.69, 9.17) is 0 Å². The van der Waals surface area contributed by atoms with Gasteiger partial charge in [0.05, 0.1) is 11.4 Å². The minimum Gasteiger partial charge on any atom is -0.248 e. The van der Waals surface area contributed by atoms with E-state index in [0.717, 1.165) is 15.1 Å². The van der Waals surface area contributed by atoms with Gasteiger partial charge in [-0.05, 0) is 72.1 Å². The fraction of sp³-hybridized carbons (Fsp3) is 0. The first kappa shape index (κ1) is 18.5. The van der Waals surface area contributed by atoms with Crippen molar-refractivity contribution in [1.82, 2.24) is 0 Å². The highest BCUT2D eigenvalue weighted by Crippen LogP contribution is 2.22. The summed E-state index contributed by atoms with van der Waals surface area (Å²) in [5.41, 5.74) is 1.66. The summed E-state index contributed by atoms with van der Waals surface area (Å²) < 4.78 is 28.2. The largest absolute Gasteiger partial charge is 0.248 e. The molecule has 0 radical (unpaired) electrons. The van der Waals surface area contributed by atoms with Crippen LogP contribution in [0.3, 0.4) is 0 Å². The molecule has 0 unspecified atom stereocenters. The smallest absolute Gasteiger partial charge is 0.132 e. The molecule has 0 aliphatic heterocycles. The minimum absolute atomic E-state index is 0.276. The van der Waals surface area contributed by atoms with Gasteiger partial charge in [0, 0.05) is 14.9 Å². The molecule has 0 aromatic heterocycles. The molecule has 0 heterocycles. The van der Waals surface area contributed by atoms with Crippen LogP contribution in [0.1, 0.15) is 5.56 Å². The van der Waals surface area contributed by atoms with Crippen molar-refractivity contribution in [2.24, 2.45) is 4.99 Å². The van der Waals surface area contributed by atoms with E-state index in [-0.39, 0.29) is 11.6 Å². The van der Waals surface area contributed by atoms with Gasteiger partial charge in [-0.25, -0.2) is 13.8 Å². The second-order valence-electron chi connectivity index (χ2n) is 5.33. The Morgan fingerprint density at radius 2 is 1.58 bits per heavy atom. The van der Waals surface area contributed by atoms with Crippen molar-refractivity contribution in [3.63, 3.8) is 0 Å². The van der Waals surface area contributed by atoms with Crippen LogP contribution in [0.4, 0.5) is 14.5 Å². The molecule has 0 atom stereocenters. The molecule has 0 saturated heterocycles. The van der Waals surface area contributed by atoms with Crippen LogP contribution in [0.5, 0.6) is 0 Å². The number of halogens is 3. The second-order valence-corrected chi connectivity index (χ2v) is 7.22. The molecule has 3 rings (SSSR count). The number of thioether (sulfide) groups is 1. The zero-order chi connectivity index (χ0) is 18.4. The van der Waals surface area contributed by atoms with Crippen molar-refractivity contribution < 1.29 is 8.78 Å². The van der Waals surface area contributed by atoms with Gasteiger partial charge in [-0.1, -0.05) is 39.8 Å². The third-order valence-corrected chi connectivity index (χ3v) is 4.81. The number of rotatable bonds is 5. The molecule has 130 valence electrons. The van der Waals surface area contributed by atoms with E-state index >= 15 is 0 Å². The number of nitrogens with zero attached hydrogens (tertiary/aromatic N) is 1. The molecule has 0 spiro atoms. The van der Waals surface area contributed by atoms with E-state index in [1.54, 1.807) is 36.4 Å². The normalized spacial score (nSPS) is 11.9. The molecule has 0 N–H and O–H groups in total. The zero-order valence-electron chi connectivity index (χ0n) is 13.6. The lowest BCUT2D eigenvalue weighted by molar-refractivity contribution is 0.625. The summed E-state index contributed by atoms with van der Waals surface area (Å²) in [5, 5.41) is 1.82. The SMILES string of the molecule is Fc1ccc(S/C=C/C(=N/c2ccc(Br)cc2)c2ccccc2F)cc1. The lowest BCUT2D eigenvalue weighted by Gasteiger charge is -2.04. The molecule has 0 fully saturated rings. The molecule has 0 aliphatic carbocycles. The third-order valence-electron chi connectivity index (χ3n) is 3.47. The number of allylic oxidation sites excluding steroid dienone is 1. The Bertz CT molecular complexity index is 935. The number of hydrogen-bond acceptors (Lipinski definition) is 2. The Morgan fingerprint density at radius 3 is 2.27 bits per heavy atom. The summed E-state index contributed by atoms with van der Waals surface area (Å²) in [7, 11) is 0. The van der Waals surface area contributed by atoms with Gasteiger partial charge in [0.1, 0.15) is 11.6 Å². The maximum atomic E-state index is 14.2. The summed E-state index contributed by atoms with van der Waals surface area (Å²) in [5.74, 6) is -0.609. The topological polar surface area (TPSA) is 12.4 Å². The maximum Gasteiger partial charge on any atom is 0.132 e. The van der Waals surface area contributed by atoms with Gasteiger partial charge < -0.3 is 0 Å². The number of benzene rings is 3. The molecule has 3 aromatic carbocycles. The lowest BCUT2D eigenvalue weighted by atomic mass is 10.1. The summed E-state index contributed by atoms with van der Waals surface area (Å²) in [4.78, 5) is 5.46. The lowest BCUT2D eigenvalue weighted by Crippen LogP contribution is -1.99. The molecule has 0 bridgehead atoms. The number of hydrogen-bond donors (Lipinski definition) is 0. The van der Waals surface area contributed by atoms with Crippen LogP contribution in [-0.2, 0) is 0 Å². The van der Waals surface area contributed by atoms with Crippen LogP contribution in [-0.4, -0.2) is 5.71 Å². The van der Waals surface area contributed by atoms with E-state index in [1.807, 2.05) is 29.7 Å². The first-order valence-electron chi connectivity index (χ1n) is 7.80. The molecule has 0 aliphatic rings. The van der Waals surface area contributed by atoms with Crippen molar-refractivity contribution in [2.45, 2.75) is 4.90 Å². The quantitative estimate of drug-likeness (QED) is 0.309. The van der Waals surface area contributed by atoms with Gasteiger partial charge in [-0.3, -0.25) is 0 Å². The zero-order valence-corrected chi connectivity index (χ0v) is 16.0. The Hall–Kier alpha value is -2.24. The van der Waals surface area contributed by atoms with Crippen molar-refractivity contribution >= 4 is 39.1 Å². The first-order valence-corrected chi connectivity index (χ1v) is 9.47. The van der Waals surface area contributed by atoms with E-state index in [2.05, 4.69) is 20.9 Å². The fourth-order valence-corrected chi connectivity index (χ4v) is 3.11. The van der Waals surface area contributed by atoms with Gasteiger partial charge in [0.25, 0.3) is 0 Å². The summed E-state index contributed by atoms with van der Waals surface area (Å²) in [6.45, 7) is 0. The Labute approximate surface area is 163 Å². The van der Waals surface area contributed by atoms with Crippen molar-refractivity contribution in [1.29, 1.82) is 0 Å². The summed E-state index contributed by atoms with van der Waals surface area (Å²) >= 11 is 4.80. The van der Waals surface area contributed by atoms with Crippen molar-refractivity contribution in [3.8, 4) is 0 Å². The highest BCUT2D eigenvalue weighted by atomic mass is 79.9. The molecule has 26 heavy (non-hydrogen) atoms. The van der Waals surface area contributed by atoms with Gasteiger partial charge in [0.2, 0.25) is 0 Å². The van der Waals surface area contributed by atoms with Gasteiger partial charge >= 0.3 is 0 Å². The second kappa shape index (κ2) is 8.92. The highest BCUT2D eigenvalue weighted by Gasteiger charge is 2.07. The van der Waals surface area contributed by atoms with Crippen LogP contribution in [0.25, 0.3) is 0 Å². The first-order chi connectivity index (χ1) is 12.6. The van der Waals surface area contributed by atoms with E-state index in [0.29, 0.717) is 11.3 Å². The van der Waals surface area contributed by atoms with E-state index in [9.17, 15) is 8.78 Å². The van der Waals surface area contributed by atoms with Crippen molar-refractivity contribution in [3.05, 3.63) is 106 Å². The van der Waals surface area contributed by atoms with Crippen LogP contribution < -0.4 is 0 Å². The molecule has 0 amide bonds. The molecule has 3 aromatic rings. The van der Waals surface area contributed by atoms with Crippen LogP contribution in [0.15, 0.2) is 98.6 Å². The molecule has 0 saturated carbocycles. The standard InChI is InChI=1S/C21H14BrF2NS/c22-15-5-9-17(10-6-15)25-21(19-3-1-2-4-20(19)24)13-14-26-18-11-7-16(23)8-12-18/h1-14H/b14-13+,25-21-. The molecule has 1 nitrogen and oxygen atoms in total. The Balaban J connectivity index is 1.90. The van der Waals surface area contributed by atoms with Crippen LogP contribution in [0.2, 0.25) is 0 Å².